The van der Waals surface area contributed by atoms with Gasteiger partial charge in [0.25, 0.3) is 0 Å². The van der Waals surface area contributed by atoms with E-state index in [0.29, 0.717) is 30.7 Å². The molecule has 0 saturated carbocycles. The molecule has 7 nitrogen and oxygen atoms in total. The first-order valence-electron chi connectivity index (χ1n) is 9.79. The fourth-order valence-corrected chi connectivity index (χ4v) is 4.18. The van der Waals surface area contributed by atoms with E-state index in [-0.39, 0.29) is 24.4 Å². The Morgan fingerprint density at radius 2 is 2.14 bits per heavy atom. The third-order valence-electron chi connectivity index (χ3n) is 4.50. The first-order valence-corrected chi connectivity index (χ1v) is 11.8. The zero-order valence-corrected chi connectivity index (χ0v) is 18.2. The summed E-state index contributed by atoms with van der Waals surface area (Å²) in [4.78, 5) is 4.39. The minimum absolute atomic E-state index is 0.0255. The van der Waals surface area contributed by atoms with Crippen LogP contribution in [0.25, 0.3) is 0 Å². The lowest BCUT2D eigenvalue weighted by molar-refractivity contribution is 0.0200. The molecule has 158 valence electrons. The summed E-state index contributed by atoms with van der Waals surface area (Å²) in [6.07, 6.45) is 3.00. The van der Waals surface area contributed by atoms with Crippen molar-refractivity contribution in [2.75, 3.05) is 32.0 Å². The second kappa shape index (κ2) is 11.6. The molecular weight excluding hydrogens is 400 g/mol. The minimum atomic E-state index is -3.39. The lowest BCUT2D eigenvalue weighted by Crippen LogP contribution is -2.40. The molecule has 0 spiro atoms. The van der Waals surface area contributed by atoms with Gasteiger partial charge in [0.05, 0.1) is 24.4 Å². The summed E-state index contributed by atoms with van der Waals surface area (Å²) < 4.78 is 32.6. The van der Waals surface area contributed by atoms with Crippen LogP contribution in [0, 0.1) is 0 Å². The molecule has 1 heterocycles. The maximum Gasteiger partial charge on any atom is 0.213 e. The number of benzene rings is 1. The smallest absolute Gasteiger partial charge is 0.213 e. The molecule has 0 radical (unpaired) electrons. The van der Waals surface area contributed by atoms with E-state index in [1.165, 1.54) is 0 Å². The molecule has 1 aromatic carbocycles. The van der Waals surface area contributed by atoms with Crippen molar-refractivity contribution in [1.29, 1.82) is 0 Å². The Kier molecular flexibility index (Phi) is 9.50. The van der Waals surface area contributed by atoms with Crippen LogP contribution in [-0.4, -0.2) is 52.5 Å². The number of rotatable bonds is 9. The van der Waals surface area contributed by atoms with Crippen molar-refractivity contribution in [2.45, 2.75) is 45.3 Å². The number of sulfonamides is 1. The Bertz CT molecular complexity index is 736. The molecule has 1 aromatic rings. The molecule has 3 N–H and O–H groups in total. The van der Waals surface area contributed by atoms with Gasteiger partial charge in [-0.15, -0.1) is 0 Å². The number of guanidine groups is 1. The van der Waals surface area contributed by atoms with Crippen LogP contribution in [0.5, 0.6) is 0 Å². The van der Waals surface area contributed by atoms with Gasteiger partial charge in [0, 0.05) is 24.7 Å². The van der Waals surface area contributed by atoms with Gasteiger partial charge in [-0.1, -0.05) is 29.8 Å². The second-order valence-corrected chi connectivity index (χ2v) is 9.14. The van der Waals surface area contributed by atoms with Crippen molar-refractivity contribution in [3.63, 3.8) is 0 Å². The summed E-state index contributed by atoms with van der Waals surface area (Å²) in [6, 6.07) is 7.54. The Morgan fingerprint density at radius 1 is 1.36 bits per heavy atom. The number of hydrogen-bond acceptors (Lipinski definition) is 4. The molecule has 2 atom stereocenters. The molecule has 1 aliphatic rings. The Balaban J connectivity index is 1.86. The Hall–Kier alpha value is -1.35. The standard InChI is InChI=1S/C19H31ClN4O3S/c1-3-21-19(24-15(2)17-9-4-5-10-18(17)20)22-11-13-28(25,26)23-14-16-8-6-7-12-27-16/h4-5,9-10,15-16,23H,3,6-8,11-14H2,1-2H3,(H2,21,22,24). The predicted molar refractivity (Wildman–Crippen MR) is 114 cm³/mol. The number of nitrogens with zero attached hydrogens (tertiary/aromatic N) is 1. The maximum atomic E-state index is 12.2. The molecule has 28 heavy (non-hydrogen) atoms. The molecule has 0 bridgehead atoms. The van der Waals surface area contributed by atoms with E-state index in [9.17, 15) is 8.42 Å². The first kappa shape index (κ1) is 22.9. The van der Waals surface area contributed by atoms with Crippen LogP contribution < -0.4 is 15.4 Å². The van der Waals surface area contributed by atoms with Gasteiger partial charge in [0.2, 0.25) is 10.0 Å². The van der Waals surface area contributed by atoms with Crippen LogP contribution >= 0.6 is 11.6 Å². The lowest BCUT2D eigenvalue weighted by Gasteiger charge is -2.22. The highest BCUT2D eigenvalue weighted by atomic mass is 35.5. The summed E-state index contributed by atoms with van der Waals surface area (Å²) in [7, 11) is -3.39. The third kappa shape index (κ3) is 7.95. The fourth-order valence-electron chi connectivity index (χ4n) is 2.97. The number of ether oxygens (including phenoxy) is 1. The average molecular weight is 431 g/mol. The second-order valence-electron chi connectivity index (χ2n) is 6.80. The molecule has 0 aromatic heterocycles. The van der Waals surface area contributed by atoms with Gasteiger partial charge in [-0.3, -0.25) is 4.99 Å². The largest absolute Gasteiger partial charge is 0.377 e. The molecule has 0 aliphatic carbocycles. The van der Waals surface area contributed by atoms with Gasteiger partial charge in [-0.25, -0.2) is 13.1 Å². The molecule has 0 amide bonds. The first-order chi connectivity index (χ1) is 13.4. The predicted octanol–water partition coefficient (Wildman–Crippen LogP) is 2.44. The van der Waals surface area contributed by atoms with Gasteiger partial charge in [-0.05, 0) is 44.7 Å². The van der Waals surface area contributed by atoms with E-state index in [0.717, 1.165) is 24.8 Å². The van der Waals surface area contributed by atoms with Crippen LogP contribution in [0.15, 0.2) is 29.3 Å². The number of hydrogen-bond donors (Lipinski definition) is 3. The molecule has 2 unspecified atom stereocenters. The van der Waals surface area contributed by atoms with E-state index in [1.54, 1.807) is 0 Å². The van der Waals surface area contributed by atoms with Crippen molar-refractivity contribution in [2.24, 2.45) is 4.99 Å². The Morgan fingerprint density at radius 3 is 2.82 bits per heavy atom. The lowest BCUT2D eigenvalue weighted by atomic mass is 10.1. The van der Waals surface area contributed by atoms with Crippen molar-refractivity contribution < 1.29 is 13.2 Å². The van der Waals surface area contributed by atoms with Gasteiger partial charge in [-0.2, -0.15) is 0 Å². The highest BCUT2D eigenvalue weighted by Crippen LogP contribution is 2.21. The highest BCUT2D eigenvalue weighted by Gasteiger charge is 2.17. The van der Waals surface area contributed by atoms with Gasteiger partial charge in [0.1, 0.15) is 0 Å². The zero-order valence-electron chi connectivity index (χ0n) is 16.6. The van der Waals surface area contributed by atoms with Crippen LogP contribution in [0.3, 0.4) is 0 Å². The third-order valence-corrected chi connectivity index (χ3v) is 6.17. The monoisotopic (exact) mass is 430 g/mol. The van der Waals surface area contributed by atoms with E-state index < -0.39 is 10.0 Å². The van der Waals surface area contributed by atoms with Gasteiger partial charge in [0.15, 0.2) is 5.96 Å². The SMILES string of the molecule is CCNC(=NCCS(=O)(=O)NCC1CCCCO1)NC(C)c1ccccc1Cl. The topological polar surface area (TPSA) is 91.8 Å². The number of halogens is 1. The van der Waals surface area contributed by atoms with Crippen LogP contribution in [0.4, 0.5) is 0 Å². The van der Waals surface area contributed by atoms with Crippen molar-refractivity contribution >= 4 is 27.6 Å². The van der Waals surface area contributed by atoms with E-state index >= 15 is 0 Å². The molecule has 1 saturated heterocycles. The van der Waals surface area contributed by atoms with E-state index in [4.69, 9.17) is 16.3 Å². The molecule has 9 heteroatoms. The average Bonchev–Trinajstić information content (AvgIpc) is 2.67. The summed E-state index contributed by atoms with van der Waals surface area (Å²) in [5.74, 6) is 0.484. The molecular formula is C19H31ClN4O3S. The van der Waals surface area contributed by atoms with Crippen LogP contribution in [-0.2, 0) is 14.8 Å². The summed E-state index contributed by atoms with van der Waals surface area (Å²) >= 11 is 6.24. The zero-order chi connectivity index (χ0) is 20.4. The number of aliphatic imine (C=N–C) groups is 1. The van der Waals surface area contributed by atoms with E-state index in [2.05, 4.69) is 20.3 Å². The molecule has 1 fully saturated rings. The van der Waals surface area contributed by atoms with Gasteiger partial charge >= 0.3 is 0 Å². The van der Waals surface area contributed by atoms with Crippen LogP contribution in [0.1, 0.15) is 44.7 Å². The molecule has 2 rings (SSSR count). The minimum Gasteiger partial charge on any atom is -0.377 e. The summed E-state index contributed by atoms with van der Waals surface area (Å²) in [5.41, 5.74) is 0.955. The van der Waals surface area contributed by atoms with Crippen molar-refractivity contribution in [1.82, 2.24) is 15.4 Å². The van der Waals surface area contributed by atoms with E-state index in [1.807, 2.05) is 38.1 Å². The quantitative estimate of drug-likeness (QED) is 0.413. The summed E-state index contributed by atoms with van der Waals surface area (Å²) in [6.45, 7) is 5.80. The van der Waals surface area contributed by atoms with Crippen LogP contribution in [0.2, 0.25) is 5.02 Å². The van der Waals surface area contributed by atoms with Crippen molar-refractivity contribution in [3.05, 3.63) is 34.9 Å². The van der Waals surface area contributed by atoms with Crippen molar-refractivity contribution in [3.8, 4) is 0 Å². The summed E-state index contributed by atoms with van der Waals surface area (Å²) in [5, 5.41) is 7.07. The number of nitrogens with one attached hydrogen (secondary N) is 3. The highest BCUT2D eigenvalue weighted by molar-refractivity contribution is 7.89. The maximum absolute atomic E-state index is 12.2. The molecule has 1 aliphatic heterocycles. The Labute approximate surface area is 173 Å². The van der Waals surface area contributed by atoms with Gasteiger partial charge < -0.3 is 15.4 Å². The fraction of sp³-hybridized carbons (Fsp3) is 0.632. The normalized spacial score (nSPS) is 19.2.